The summed E-state index contributed by atoms with van der Waals surface area (Å²) in [6.45, 7) is 6.63. The first-order chi connectivity index (χ1) is 10.1. The Morgan fingerprint density at radius 1 is 1.29 bits per heavy atom. The van der Waals surface area contributed by atoms with Crippen molar-refractivity contribution in [1.29, 1.82) is 0 Å². The van der Waals surface area contributed by atoms with Gasteiger partial charge in [0.1, 0.15) is 0 Å². The molecule has 3 atom stereocenters. The smallest absolute Gasteiger partial charge is 0.230 e. The van der Waals surface area contributed by atoms with Crippen LogP contribution in [-0.4, -0.2) is 33.7 Å². The second kappa shape index (κ2) is 8.39. The third-order valence-electron chi connectivity index (χ3n) is 4.04. The molecular weight excluding hydrogens is 322 g/mol. The zero-order chi connectivity index (χ0) is 15.2. The maximum atomic E-state index is 12.1. The topological polar surface area (TPSA) is 54.9 Å². The summed E-state index contributed by atoms with van der Waals surface area (Å²) < 4.78 is 1.86. The van der Waals surface area contributed by atoms with E-state index in [9.17, 15) is 4.79 Å². The molecule has 0 radical (unpaired) electrons. The molecule has 1 aromatic rings. The normalized spacial score (nSPS) is 25.8. The van der Waals surface area contributed by atoms with E-state index in [2.05, 4.69) is 36.3 Å². The Labute approximate surface area is 139 Å². The van der Waals surface area contributed by atoms with Crippen LogP contribution in [-0.2, 0) is 4.79 Å². The van der Waals surface area contributed by atoms with Crippen LogP contribution >= 0.6 is 34.9 Å². The van der Waals surface area contributed by atoms with Gasteiger partial charge in [-0.05, 0) is 24.0 Å². The molecule has 1 fully saturated rings. The van der Waals surface area contributed by atoms with Crippen LogP contribution in [0.2, 0.25) is 0 Å². The Balaban J connectivity index is 1.76. The number of carbonyl (C=O) groups is 1. The first kappa shape index (κ1) is 17.1. The van der Waals surface area contributed by atoms with Crippen LogP contribution < -0.4 is 5.32 Å². The third kappa shape index (κ3) is 5.14. The van der Waals surface area contributed by atoms with Crippen molar-refractivity contribution in [2.75, 3.05) is 11.5 Å². The molecule has 1 aliphatic carbocycles. The number of aromatic nitrogens is 2. The lowest BCUT2D eigenvalue weighted by atomic mass is 9.78. The number of nitrogens with zero attached hydrogens (tertiary/aromatic N) is 2. The van der Waals surface area contributed by atoms with Gasteiger partial charge in [-0.3, -0.25) is 4.79 Å². The van der Waals surface area contributed by atoms with E-state index in [4.69, 9.17) is 0 Å². The highest BCUT2D eigenvalue weighted by Crippen LogP contribution is 2.30. The zero-order valence-electron chi connectivity index (χ0n) is 12.8. The minimum absolute atomic E-state index is 0.117. The number of amides is 1. The molecule has 118 valence electrons. The second-order valence-electron chi connectivity index (χ2n) is 5.50. The molecule has 0 unspecified atom stereocenters. The van der Waals surface area contributed by atoms with Gasteiger partial charge in [0.05, 0.1) is 5.75 Å². The highest BCUT2D eigenvalue weighted by molar-refractivity contribution is 8.03. The van der Waals surface area contributed by atoms with E-state index in [0.29, 0.717) is 23.6 Å². The molecule has 1 saturated carbocycles. The average molecular weight is 346 g/mol. The summed E-state index contributed by atoms with van der Waals surface area (Å²) in [6, 6.07) is 0.336. The Morgan fingerprint density at radius 3 is 2.71 bits per heavy atom. The fourth-order valence-corrected chi connectivity index (χ4v) is 5.33. The largest absolute Gasteiger partial charge is 0.352 e. The molecule has 2 rings (SSSR count). The fraction of sp³-hybridized carbons (Fsp3) is 0.786. The average Bonchev–Trinajstić information content (AvgIpc) is 2.90. The first-order valence-corrected chi connectivity index (χ1v) is 10.3. The van der Waals surface area contributed by atoms with Gasteiger partial charge in [-0.1, -0.05) is 68.5 Å². The van der Waals surface area contributed by atoms with Crippen LogP contribution in [0.1, 0.15) is 40.0 Å². The van der Waals surface area contributed by atoms with Gasteiger partial charge in [0.2, 0.25) is 5.91 Å². The molecule has 0 spiro atoms. The van der Waals surface area contributed by atoms with E-state index in [-0.39, 0.29) is 5.91 Å². The van der Waals surface area contributed by atoms with Crippen molar-refractivity contribution in [3.63, 3.8) is 0 Å². The lowest BCUT2D eigenvalue weighted by Gasteiger charge is -2.34. The minimum atomic E-state index is 0.117. The lowest BCUT2D eigenvalue weighted by Crippen LogP contribution is -2.44. The monoisotopic (exact) mass is 345 g/mol. The predicted molar refractivity (Wildman–Crippen MR) is 91.1 cm³/mol. The Kier molecular flexibility index (Phi) is 6.82. The number of hydrogen-bond acceptors (Lipinski definition) is 6. The van der Waals surface area contributed by atoms with Crippen LogP contribution in [0.3, 0.4) is 0 Å². The maximum absolute atomic E-state index is 12.1. The SMILES string of the molecule is CCSc1nnc(SCC(=O)N[C@@H]2CCC[C@@H](C)[C@@H]2C)s1. The molecule has 21 heavy (non-hydrogen) atoms. The molecule has 1 aliphatic rings. The zero-order valence-corrected chi connectivity index (χ0v) is 15.2. The molecule has 1 aromatic heterocycles. The molecule has 0 saturated heterocycles. The van der Waals surface area contributed by atoms with Gasteiger partial charge < -0.3 is 5.32 Å². The van der Waals surface area contributed by atoms with E-state index in [0.717, 1.165) is 20.9 Å². The van der Waals surface area contributed by atoms with Gasteiger partial charge in [-0.15, -0.1) is 10.2 Å². The van der Waals surface area contributed by atoms with Crippen molar-refractivity contribution in [2.24, 2.45) is 11.8 Å². The summed E-state index contributed by atoms with van der Waals surface area (Å²) in [6.07, 6.45) is 3.61. The molecule has 1 heterocycles. The second-order valence-corrected chi connectivity index (χ2v) is 9.21. The van der Waals surface area contributed by atoms with Crippen molar-refractivity contribution in [3.05, 3.63) is 0 Å². The summed E-state index contributed by atoms with van der Waals surface area (Å²) in [5.41, 5.74) is 0. The van der Waals surface area contributed by atoms with Gasteiger partial charge in [0, 0.05) is 6.04 Å². The summed E-state index contributed by atoms with van der Waals surface area (Å²) >= 11 is 4.75. The minimum Gasteiger partial charge on any atom is -0.352 e. The van der Waals surface area contributed by atoms with Gasteiger partial charge in [-0.2, -0.15) is 0 Å². The van der Waals surface area contributed by atoms with Gasteiger partial charge >= 0.3 is 0 Å². The third-order valence-corrected chi connectivity index (χ3v) is 7.11. The summed E-state index contributed by atoms with van der Waals surface area (Å²) in [5.74, 6) is 2.82. The van der Waals surface area contributed by atoms with E-state index in [1.807, 2.05) is 0 Å². The number of carbonyl (C=O) groups excluding carboxylic acids is 1. The van der Waals surface area contributed by atoms with E-state index in [1.165, 1.54) is 24.6 Å². The summed E-state index contributed by atoms with van der Waals surface area (Å²) in [7, 11) is 0. The number of thioether (sulfide) groups is 2. The molecular formula is C14H23N3OS3. The predicted octanol–water partition coefficient (Wildman–Crippen LogP) is 3.68. The number of hydrogen-bond donors (Lipinski definition) is 1. The van der Waals surface area contributed by atoms with E-state index >= 15 is 0 Å². The maximum Gasteiger partial charge on any atom is 0.230 e. The van der Waals surface area contributed by atoms with Crippen LogP contribution in [0.25, 0.3) is 0 Å². The number of rotatable bonds is 6. The van der Waals surface area contributed by atoms with E-state index < -0.39 is 0 Å². The Hall–Kier alpha value is -0.270. The van der Waals surface area contributed by atoms with Crippen LogP contribution in [0, 0.1) is 11.8 Å². The fourth-order valence-electron chi connectivity index (χ4n) is 2.60. The highest BCUT2D eigenvalue weighted by atomic mass is 32.2. The lowest BCUT2D eigenvalue weighted by molar-refractivity contribution is -0.119. The molecule has 0 bridgehead atoms. The quantitative estimate of drug-likeness (QED) is 0.797. The van der Waals surface area contributed by atoms with Crippen LogP contribution in [0.15, 0.2) is 8.68 Å². The van der Waals surface area contributed by atoms with Crippen LogP contribution in [0.5, 0.6) is 0 Å². The van der Waals surface area contributed by atoms with Crippen molar-refractivity contribution >= 4 is 40.8 Å². The van der Waals surface area contributed by atoms with Gasteiger partial charge in [-0.25, -0.2) is 0 Å². The van der Waals surface area contributed by atoms with Crippen molar-refractivity contribution in [3.8, 4) is 0 Å². The van der Waals surface area contributed by atoms with Crippen LogP contribution in [0.4, 0.5) is 0 Å². The first-order valence-electron chi connectivity index (χ1n) is 7.48. The molecule has 0 aliphatic heterocycles. The van der Waals surface area contributed by atoms with Gasteiger partial charge in [0.15, 0.2) is 8.68 Å². The molecule has 7 heteroatoms. The molecule has 1 amide bonds. The molecule has 0 aromatic carbocycles. The summed E-state index contributed by atoms with van der Waals surface area (Å²) in [4.78, 5) is 12.1. The standard InChI is InChI=1S/C14H23N3OS3/c1-4-19-13-16-17-14(21-13)20-8-12(18)15-11-7-5-6-9(2)10(11)3/h9-11H,4-8H2,1-3H3,(H,15,18)/t9-,10+,11-/m1/s1. The Morgan fingerprint density at radius 2 is 2.00 bits per heavy atom. The molecule has 1 N–H and O–H groups in total. The Bertz CT molecular complexity index is 466. The molecule has 4 nitrogen and oxygen atoms in total. The summed E-state index contributed by atoms with van der Waals surface area (Å²) in [5, 5.41) is 11.4. The van der Waals surface area contributed by atoms with Gasteiger partial charge in [0.25, 0.3) is 0 Å². The van der Waals surface area contributed by atoms with E-state index in [1.54, 1.807) is 23.1 Å². The number of nitrogens with one attached hydrogen (secondary N) is 1. The van der Waals surface area contributed by atoms with Crippen molar-refractivity contribution < 1.29 is 4.79 Å². The highest BCUT2D eigenvalue weighted by Gasteiger charge is 2.28. The van der Waals surface area contributed by atoms with Crippen molar-refractivity contribution in [2.45, 2.75) is 54.8 Å². The van der Waals surface area contributed by atoms with Crippen molar-refractivity contribution in [1.82, 2.24) is 15.5 Å².